The number of carbonyl (C=O) groups is 1. The molecule has 1 fully saturated rings. The van der Waals surface area contributed by atoms with Crippen molar-refractivity contribution < 1.29 is 13.6 Å². The maximum atomic E-state index is 13.3. The Morgan fingerprint density at radius 3 is 2.96 bits per heavy atom. The van der Waals surface area contributed by atoms with Crippen molar-refractivity contribution in [2.24, 2.45) is 5.92 Å². The Hall–Kier alpha value is -2.51. The number of hydrogen-bond donors (Lipinski definition) is 2. The normalized spacial score (nSPS) is 20.8. The molecule has 2 aliphatic carbocycles. The zero-order valence-electron chi connectivity index (χ0n) is 14.1. The standard InChI is InChI=1S/C17H20FN5O2/c1-11-7-12-13(8-11)23(14-9-22(25)6-5-19-14)21-15(12)16(24)20-17(10-18)3-2-4-17/h5-6,9,11H,2-4,7-8,10H2,1H3,(H-,19,20,24,25)/p+1. The number of aromatic amines is 1. The molecule has 0 saturated heterocycles. The quantitative estimate of drug-likeness (QED) is 0.822. The molecule has 1 atom stereocenters. The molecule has 0 aromatic carbocycles. The van der Waals surface area contributed by atoms with Gasteiger partial charge in [0.25, 0.3) is 12.1 Å². The highest BCUT2D eigenvalue weighted by Crippen LogP contribution is 2.34. The summed E-state index contributed by atoms with van der Waals surface area (Å²) in [7, 11) is 0. The molecule has 1 saturated carbocycles. The van der Waals surface area contributed by atoms with Gasteiger partial charge in [-0.15, -0.1) is 0 Å². The molecule has 1 amide bonds. The van der Waals surface area contributed by atoms with Gasteiger partial charge in [-0.25, -0.2) is 9.07 Å². The van der Waals surface area contributed by atoms with Crippen molar-refractivity contribution in [1.82, 2.24) is 20.1 Å². The number of halogens is 1. The predicted molar refractivity (Wildman–Crippen MR) is 87.9 cm³/mol. The van der Waals surface area contributed by atoms with Crippen LogP contribution in [0.2, 0.25) is 0 Å². The first-order valence-electron chi connectivity index (χ1n) is 8.61. The second-order valence-electron chi connectivity index (χ2n) is 7.26. The van der Waals surface area contributed by atoms with Gasteiger partial charge in [-0.05, 0) is 38.0 Å². The fourth-order valence-electron chi connectivity index (χ4n) is 3.75. The number of rotatable bonds is 4. The van der Waals surface area contributed by atoms with Crippen LogP contribution in [0.1, 0.15) is 47.9 Å². The molecule has 2 aromatic heterocycles. The highest BCUT2D eigenvalue weighted by molar-refractivity contribution is 5.95. The summed E-state index contributed by atoms with van der Waals surface area (Å²) in [5.74, 6) is 0.575. The molecule has 25 heavy (non-hydrogen) atoms. The van der Waals surface area contributed by atoms with Crippen LogP contribution in [0.3, 0.4) is 0 Å². The molecule has 0 radical (unpaired) electrons. The monoisotopic (exact) mass is 346 g/mol. The second kappa shape index (κ2) is 5.79. The number of nitrogens with one attached hydrogen (secondary N) is 2. The third-order valence-corrected chi connectivity index (χ3v) is 5.27. The molecule has 4 rings (SSSR count). The first-order chi connectivity index (χ1) is 12.0. The molecule has 0 aliphatic heterocycles. The number of H-pyrrole nitrogens is 1. The summed E-state index contributed by atoms with van der Waals surface area (Å²) in [5.41, 5.74) is 1.44. The van der Waals surface area contributed by atoms with Gasteiger partial charge >= 0.3 is 0 Å². The van der Waals surface area contributed by atoms with Gasteiger partial charge in [0.05, 0.1) is 21.9 Å². The van der Waals surface area contributed by atoms with Gasteiger partial charge < -0.3 is 10.3 Å². The van der Waals surface area contributed by atoms with Gasteiger partial charge in [0.1, 0.15) is 6.67 Å². The highest BCUT2D eigenvalue weighted by atomic mass is 19.1. The van der Waals surface area contributed by atoms with Crippen molar-refractivity contribution >= 4 is 5.91 Å². The van der Waals surface area contributed by atoms with Crippen LogP contribution in [0.4, 0.5) is 4.39 Å². The number of alkyl halides is 1. The Labute approximate surface area is 143 Å². The molecule has 8 heteroatoms. The van der Waals surface area contributed by atoms with Gasteiger partial charge in [-0.2, -0.15) is 5.10 Å². The molecular weight excluding hydrogens is 325 g/mol. The minimum absolute atomic E-state index is 0.326. The van der Waals surface area contributed by atoms with E-state index in [0.29, 0.717) is 34.7 Å². The van der Waals surface area contributed by atoms with Crippen molar-refractivity contribution in [3.05, 3.63) is 40.4 Å². The molecule has 7 nitrogen and oxygen atoms in total. The second-order valence-corrected chi connectivity index (χ2v) is 7.26. The van der Waals surface area contributed by atoms with E-state index < -0.39 is 12.2 Å². The van der Waals surface area contributed by atoms with Gasteiger partial charge in [0.2, 0.25) is 12.0 Å². The molecule has 2 aliphatic rings. The zero-order chi connectivity index (χ0) is 17.6. The molecule has 1 unspecified atom stereocenters. The van der Waals surface area contributed by atoms with Gasteiger partial charge in [0, 0.05) is 10.5 Å². The summed E-state index contributed by atoms with van der Waals surface area (Å²) in [6, 6.07) is 0. The van der Waals surface area contributed by atoms with E-state index in [0.717, 1.165) is 30.5 Å². The van der Waals surface area contributed by atoms with E-state index in [1.165, 1.54) is 18.6 Å². The van der Waals surface area contributed by atoms with E-state index in [-0.39, 0.29) is 5.91 Å². The Balaban J connectivity index is 1.73. The van der Waals surface area contributed by atoms with Gasteiger partial charge in [0.15, 0.2) is 5.69 Å². The molecule has 2 N–H and O–H groups in total. The van der Waals surface area contributed by atoms with Crippen molar-refractivity contribution in [2.45, 2.75) is 44.6 Å². The Bertz CT molecular complexity index is 878. The van der Waals surface area contributed by atoms with Crippen molar-refractivity contribution in [3.8, 4) is 5.82 Å². The predicted octanol–water partition coefficient (Wildman–Crippen LogP) is 1.47. The number of hydrogen-bond acceptors (Lipinski definition) is 3. The third kappa shape index (κ3) is 2.65. The highest BCUT2D eigenvalue weighted by Gasteiger charge is 2.40. The molecular formula is C17H21FN5O2+. The lowest BCUT2D eigenvalue weighted by Crippen LogP contribution is -2.55. The van der Waals surface area contributed by atoms with E-state index in [1.54, 1.807) is 4.68 Å². The summed E-state index contributed by atoms with van der Waals surface area (Å²) in [5, 5.41) is 7.30. The first kappa shape index (κ1) is 16.0. The Morgan fingerprint density at radius 2 is 2.32 bits per heavy atom. The molecule has 0 spiro atoms. The summed E-state index contributed by atoms with van der Waals surface area (Å²) >= 11 is 0. The largest absolute Gasteiger partial charge is 0.343 e. The number of carbonyl (C=O) groups excluding carboxylic acids is 1. The SMILES string of the molecule is CC1Cc2c(C(=O)NC3(CF)CCC3)nn(-c3c[n+](=O)cc[nH]3)c2C1. The van der Waals surface area contributed by atoms with Crippen LogP contribution in [-0.4, -0.2) is 32.9 Å². The fourth-order valence-corrected chi connectivity index (χ4v) is 3.75. The topological polar surface area (TPSA) is 85.7 Å². The molecule has 132 valence electrons. The molecule has 0 bridgehead atoms. The molecule has 2 aromatic rings. The number of nitrogens with zero attached hydrogens (tertiary/aromatic N) is 3. The maximum Gasteiger partial charge on any atom is 0.272 e. The molecule has 2 heterocycles. The van der Waals surface area contributed by atoms with E-state index in [9.17, 15) is 14.1 Å². The lowest BCUT2D eigenvalue weighted by Gasteiger charge is -2.39. The van der Waals surface area contributed by atoms with Crippen LogP contribution < -0.4 is 9.74 Å². The lowest BCUT2D eigenvalue weighted by molar-refractivity contribution is -0.495. The van der Waals surface area contributed by atoms with Crippen LogP contribution in [0.25, 0.3) is 5.82 Å². The third-order valence-electron chi connectivity index (χ3n) is 5.27. The van der Waals surface area contributed by atoms with Crippen molar-refractivity contribution in [3.63, 3.8) is 0 Å². The maximum absolute atomic E-state index is 13.3. The summed E-state index contributed by atoms with van der Waals surface area (Å²) in [4.78, 5) is 27.3. The van der Waals surface area contributed by atoms with E-state index >= 15 is 0 Å². The number of amides is 1. The van der Waals surface area contributed by atoms with Gasteiger partial charge in [-0.3, -0.25) is 4.79 Å². The first-order valence-corrected chi connectivity index (χ1v) is 8.61. The number of fused-ring (bicyclic) bond motifs is 1. The summed E-state index contributed by atoms with van der Waals surface area (Å²) in [6.45, 7) is 1.56. The van der Waals surface area contributed by atoms with Crippen molar-refractivity contribution in [1.29, 1.82) is 0 Å². The fraction of sp³-hybridized carbons (Fsp3) is 0.529. The average molecular weight is 346 g/mol. The lowest BCUT2D eigenvalue weighted by atomic mass is 9.77. The van der Waals surface area contributed by atoms with Crippen molar-refractivity contribution in [2.75, 3.05) is 6.67 Å². The minimum Gasteiger partial charge on any atom is -0.343 e. The minimum atomic E-state index is -0.727. The van der Waals surface area contributed by atoms with E-state index in [4.69, 9.17) is 0 Å². The smallest absolute Gasteiger partial charge is 0.272 e. The Kier molecular flexibility index (Phi) is 3.70. The summed E-state index contributed by atoms with van der Waals surface area (Å²) < 4.78 is 15.7. The van der Waals surface area contributed by atoms with Crippen LogP contribution in [-0.2, 0) is 12.8 Å². The van der Waals surface area contributed by atoms with Crippen LogP contribution in [0, 0.1) is 10.8 Å². The van der Waals surface area contributed by atoms with Crippen LogP contribution in [0.15, 0.2) is 18.6 Å². The van der Waals surface area contributed by atoms with E-state index in [2.05, 4.69) is 22.3 Å². The van der Waals surface area contributed by atoms with Gasteiger partial charge in [-0.1, -0.05) is 6.92 Å². The van der Waals surface area contributed by atoms with E-state index in [1.807, 2.05) is 0 Å². The number of aromatic nitrogens is 4. The van der Waals surface area contributed by atoms with Crippen LogP contribution >= 0.6 is 0 Å². The Morgan fingerprint density at radius 1 is 1.52 bits per heavy atom. The zero-order valence-corrected chi connectivity index (χ0v) is 14.1. The van der Waals surface area contributed by atoms with Crippen LogP contribution in [0.5, 0.6) is 0 Å². The summed E-state index contributed by atoms with van der Waals surface area (Å²) in [6.07, 6.45) is 8.06. The average Bonchev–Trinajstić information content (AvgIpc) is 3.08.